The first kappa shape index (κ1) is 16.8. The number of halogens is 4. The van der Waals surface area contributed by atoms with Gasteiger partial charge in [-0.05, 0) is 36.6 Å². The van der Waals surface area contributed by atoms with E-state index in [0.29, 0.717) is 23.0 Å². The Balaban J connectivity index is 1.83. The number of aromatic amines is 1. The van der Waals surface area contributed by atoms with Gasteiger partial charge >= 0.3 is 6.18 Å². The Morgan fingerprint density at radius 1 is 1.23 bits per heavy atom. The summed E-state index contributed by atoms with van der Waals surface area (Å²) in [5, 5.41) is 2.75. The average molecular weight is 365 g/mol. The lowest BCUT2D eigenvalue weighted by Crippen LogP contribution is -2.26. The van der Waals surface area contributed by atoms with E-state index in [1.807, 2.05) is 0 Å². The molecule has 26 heavy (non-hydrogen) atoms. The van der Waals surface area contributed by atoms with E-state index in [4.69, 9.17) is 0 Å². The molecular formula is C18H15F4N3O. The lowest BCUT2D eigenvalue weighted by atomic mass is 9.80. The van der Waals surface area contributed by atoms with Crippen LogP contribution in [-0.2, 0) is 12.6 Å². The summed E-state index contributed by atoms with van der Waals surface area (Å²) in [6.45, 7) is 0. The molecule has 3 aromatic rings. The van der Waals surface area contributed by atoms with Gasteiger partial charge in [0.15, 0.2) is 5.65 Å². The summed E-state index contributed by atoms with van der Waals surface area (Å²) >= 11 is 0. The lowest BCUT2D eigenvalue weighted by Gasteiger charge is -2.26. The van der Waals surface area contributed by atoms with E-state index >= 15 is 0 Å². The molecule has 0 amide bonds. The van der Waals surface area contributed by atoms with Crippen molar-refractivity contribution in [1.82, 2.24) is 14.6 Å². The molecule has 0 aliphatic heterocycles. The van der Waals surface area contributed by atoms with Gasteiger partial charge in [0.1, 0.15) is 5.82 Å². The highest BCUT2D eigenvalue weighted by Gasteiger charge is 2.32. The van der Waals surface area contributed by atoms with E-state index in [2.05, 4.69) is 10.1 Å². The number of aromatic nitrogens is 3. The second kappa shape index (κ2) is 5.96. The highest BCUT2D eigenvalue weighted by Crippen LogP contribution is 2.37. The molecule has 0 bridgehead atoms. The summed E-state index contributed by atoms with van der Waals surface area (Å²) < 4.78 is 53.8. The molecule has 0 radical (unpaired) electrons. The number of rotatable bonds is 3. The fourth-order valence-corrected chi connectivity index (χ4v) is 3.32. The highest BCUT2D eigenvalue weighted by atomic mass is 19.4. The van der Waals surface area contributed by atoms with E-state index in [9.17, 15) is 22.4 Å². The van der Waals surface area contributed by atoms with Crippen LogP contribution in [0.5, 0.6) is 0 Å². The minimum Gasteiger partial charge on any atom is -0.297 e. The molecule has 0 spiro atoms. The molecule has 8 heteroatoms. The minimum absolute atomic E-state index is 0.0968. The fourth-order valence-electron chi connectivity index (χ4n) is 3.32. The van der Waals surface area contributed by atoms with Crippen LogP contribution in [0.4, 0.5) is 17.6 Å². The van der Waals surface area contributed by atoms with Gasteiger partial charge in [-0.3, -0.25) is 9.89 Å². The van der Waals surface area contributed by atoms with Gasteiger partial charge in [0.25, 0.3) is 5.56 Å². The van der Waals surface area contributed by atoms with Crippen molar-refractivity contribution in [2.45, 2.75) is 37.8 Å². The number of benzene rings is 1. The van der Waals surface area contributed by atoms with E-state index in [0.717, 1.165) is 31.4 Å². The van der Waals surface area contributed by atoms with Crippen LogP contribution < -0.4 is 5.56 Å². The highest BCUT2D eigenvalue weighted by molar-refractivity contribution is 5.42. The normalized spacial score (nSPS) is 15.4. The van der Waals surface area contributed by atoms with E-state index < -0.39 is 17.6 Å². The van der Waals surface area contributed by atoms with Crippen molar-refractivity contribution >= 4 is 5.65 Å². The van der Waals surface area contributed by atoms with Crippen molar-refractivity contribution in [3.8, 4) is 0 Å². The van der Waals surface area contributed by atoms with Crippen molar-refractivity contribution < 1.29 is 17.6 Å². The SMILES string of the molecule is O=c1c(Cc2cc(F)cc(C(F)(F)F)c2)c(C2CCC2)nc2cc[nH]n12. The van der Waals surface area contributed by atoms with Crippen LogP contribution in [0.3, 0.4) is 0 Å². The van der Waals surface area contributed by atoms with E-state index in [-0.39, 0.29) is 23.5 Å². The third-order valence-electron chi connectivity index (χ3n) is 4.83. The Morgan fingerprint density at radius 2 is 2.00 bits per heavy atom. The Bertz CT molecular complexity index is 1030. The summed E-state index contributed by atoms with van der Waals surface area (Å²) in [6.07, 6.45) is -0.378. The maximum absolute atomic E-state index is 13.7. The molecular weight excluding hydrogens is 350 g/mol. The zero-order valence-corrected chi connectivity index (χ0v) is 13.6. The zero-order chi connectivity index (χ0) is 18.5. The van der Waals surface area contributed by atoms with Gasteiger partial charge in [-0.25, -0.2) is 13.9 Å². The Labute approximate surface area is 145 Å². The summed E-state index contributed by atoms with van der Waals surface area (Å²) in [4.78, 5) is 17.3. The molecule has 1 saturated carbocycles. The average Bonchev–Trinajstić information content (AvgIpc) is 2.96. The topological polar surface area (TPSA) is 50.2 Å². The summed E-state index contributed by atoms with van der Waals surface area (Å²) in [5.74, 6) is -0.859. The predicted molar refractivity (Wildman–Crippen MR) is 86.6 cm³/mol. The molecule has 2 aromatic heterocycles. The monoisotopic (exact) mass is 365 g/mol. The van der Waals surface area contributed by atoms with Crippen LogP contribution in [0, 0.1) is 5.82 Å². The third-order valence-corrected chi connectivity index (χ3v) is 4.83. The van der Waals surface area contributed by atoms with Crippen LogP contribution in [0.15, 0.2) is 35.3 Å². The smallest absolute Gasteiger partial charge is 0.297 e. The van der Waals surface area contributed by atoms with Gasteiger partial charge in [-0.1, -0.05) is 6.42 Å². The number of nitrogens with zero attached hydrogens (tertiary/aromatic N) is 2. The van der Waals surface area contributed by atoms with Crippen LogP contribution in [-0.4, -0.2) is 14.6 Å². The predicted octanol–water partition coefficient (Wildman–Crippen LogP) is 4.04. The molecule has 1 fully saturated rings. The van der Waals surface area contributed by atoms with E-state index in [1.165, 1.54) is 4.52 Å². The van der Waals surface area contributed by atoms with Crippen LogP contribution in [0.1, 0.15) is 47.6 Å². The van der Waals surface area contributed by atoms with Crippen molar-refractivity contribution in [3.63, 3.8) is 0 Å². The van der Waals surface area contributed by atoms with Crippen LogP contribution in [0.25, 0.3) is 5.65 Å². The Morgan fingerprint density at radius 3 is 2.65 bits per heavy atom. The molecule has 0 atom stereocenters. The zero-order valence-electron chi connectivity index (χ0n) is 13.6. The standard InChI is InChI=1S/C18H15F4N3O/c19-13-7-10(6-12(9-13)18(20,21)22)8-14-16(11-2-1-3-11)24-15-4-5-23-25(15)17(14)26/h4-7,9,11,23H,1-3,8H2. The lowest BCUT2D eigenvalue weighted by molar-refractivity contribution is -0.137. The molecule has 0 unspecified atom stereocenters. The van der Waals surface area contributed by atoms with Crippen molar-refractivity contribution in [2.75, 3.05) is 0 Å². The fraction of sp³-hybridized carbons (Fsp3) is 0.333. The first-order valence-corrected chi connectivity index (χ1v) is 8.28. The number of hydrogen-bond donors (Lipinski definition) is 1. The first-order valence-electron chi connectivity index (χ1n) is 8.28. The maximum atomic E-state index is 13.7. The first-order chi connectivity index (χ1) is 12.3. The van der Waals surface area contributed by atoms with Crippen molar-refractivity contribution in [3.05, 3.63) is 69.0 Å². The second-order valence-electron chi connectivity index (χ2n) is 6.59. The van der Waals surface area contributed by atoms with Crippen molar-refractivity contribution in [1.29, 1.82) is 0 Å². The largest absolute Gasteiger partial charge is 0.416 e. The molecule has 1 N–H and O–H groups in total. The Kier molecular flexibility index (Phi) is 3.86. The number of alkyl halides is 3. The molecule has 1 aliphatic carbocycles. The summed E-state index contributed by atoms with van der Waals surface area (Å²) in [7, 11) is 0. The summed E-state index contributed by atoms with van der Waals surface area (Å²) in [6, 6.07) is 4.03. The Hall–Kier alpha value is -2.64. The number of nitrogens with one attached hydrogen (secondary N) is 1. The molecule has 4 nitrogen and oxygen atoms in total. The van der Waals surface area contributed by atoms with Gasteiger partial charge in [-0.15, -0.1) is 0 Å². The maximum Gasteiger partial charge on any atom is 0.416 e. The number of H-pyrrole nitrogens is 1. The molecule has 2 heterocycles. The van der Waals surface area contributed by atoms with Gasteiger partial charge in [0.05, 0.1) is 11.3 Å². The number of hydrogen-bond acceptors (Lipinski definition) is 2. The molecule has 1 aromatic carbocycles. The number of fused-ring (bicyclic) bond motifs is 1. The van der Waals surface area contributed by atoms with Gasteiger partial charge < -0.3 is 0 Å². The second-order valence-corrected chi connectivity index (χ2v) is 6.59. The molecule has 136 valence electrons. The summed E-state index contributed by atoms with van der Waals surface area (Å²) in [5.41, 5.74) is 0.0673. The van der Waals surface area contributed by atoms with Gasteiger partial charge in [0, 0.05) is 30.2 Å². The van der Waals surface area contributed by atoms with Gasteiger partial charge in [-0.2, -0.15) is 13.2 Å². The van der Waals surface area contributed by atoms with E-state index in [1.54, 1.807) is 12.3 Å². The molecule has 4 rings (SSSR count). The van der Waals surface area contributed by atoms with Crippen molar-refractivity contribution in [2.24, 2.45) is 0 Å². The third kappa shape index (κ3) is 2.89. The van der Waals surface area contributed by atoms with Gasteiger partial charge in [0.2, 0.25) is 0 Å². The molecule has 0 saturated heterocycles. The minimum atomic E-state index is -4.65. The van der Waals surface area contributed by atoms with Crippen LogP contribution in [0.2, 0.25) is 0 Å². The van der Waals surface area contributed by atoms with Crippen LogP contribution >= 0.6 is 0 Å². The quantitative estimate of drug-likeness (QED) is 0.713. The molecule has 1 aliphatic rings.